The molecule has 0 aliphatic carbocycles. The third-order valence-electron chi connectivity index (χ3n) is 3.19. The second kappa shape index (κ2) is 7.33. The number of benzene rings is 2. The molecule has 110 valence electrons. The van der Waals surface area contributed by atoms with Gasteiger partial charge in [-0.15, -0.1) is 0 Å². The van der Waals surface area contributed by atoms with Crippen molar-refractivity contribution in [2.75, 3.05) is 24.3 Å². The largest absolute Gasteiger partial charge is 0.497 e. The van der Waals surface area contributed by atoms with Crippen molar-refractivity contribution in [3.05, 3.63) is 54.1 Å². The van der Waals surface area contributed by atoms with E-state index in [9.17, 15) is 4.79 Å². The fourth-order valence-corrected chi connectivity index (χ4v) is 1.92. The van der Waals surface area contributed by atoms with E-state index in [1.807, 2.05) is 36.4 Å². The van der Waals surface area contributed by atoms with Crippen LogP contribution < -0.4 is 15.4 Å². The summed E-state index contributed by atoms with van der Waals surface area (Å²) in [6, 6.07) is 15.3. The lowest BCUT2D eigenvalue weighted by molar-refractivity contribution is -0.114. The molecule has 0 saturated heterocycles. The van der Waals surface area contributed by atoms with E-state index in [-0.39, 0.29) is 12.5 Å². The Morgan fingerprint density at radius 3 is 2.19 bits per heavy atom. The first kappa shape index (κ1) is 14.9. The van der Waals surface area contributed by atoms with Gasteiger partial charge in [0.05, 0.1) is 13.7 Å². The van der Waals surface area contributed by atoms with Gasteiger partial charge in [-0.1, -0.05) is 19.1 Å². The third kappa shape index (κ3) is 4.53. The average molecular weight is 284 g/mol. The number of anilines is 2. The molecule has 0 radical (unpaired) electrons. The van der Waals surface area contributed by atoms with Crippen LogP contribution in [0, 0.1) is 0 Å². The fraction of sp³-hybridized carbons (Fsp3) is 0.235. The second-order valence-corrected chi connectivity index (χ2v) is 4.68. The molecule has 0 aromatic heterocycles. The van der Waals surface area contributed by atoms with E-state index in [0.717, 1.165) is 23.5 Å². The minimum atomic E-state index is -0.0836. The number of methoxy groups -OCH3 is 1. The van der Waals surface area contributed by atoms with Gasteiger partial charge in [0.2, 0.25) is 5.91 Å². The zero-order valence-electron chi connectivity index (χ0n) is 12.3. The second-order valence-electron chi connectivity index (χ2n) is 4.68. The Kier molecular flexibility index (Phi) is 5.21. The number of hydrogen-bond acceptors (Lipinski definition) is 3. The van der Waals surface area contributed by atoms with Gasteiger partial charge in [-0.3, -0.25) is 4.79 Å². The number of carbonyl (C=O) groups excluding carboxylic acids is 1. The Morgan fingerprint density at radius 1 is 1.00 bits per heavy atom. The Bertz CT molecular complexity index is 577. The summed E-state index contributed by atoms with van der Waals surface area (Å²) < 4.78 is 5.07. The van der Waals surface area contributed by atoms with E-state index in [2.05, 4.69) is 29.7 Å². The van der Waals surface area contributed by atoms with Crippen molar-refractivity contribution < 1.29 is 9.53 Å². The molecule has 4 heteroatoms. The van der Waals surface area contributed by atoms with Crippen molar-refractivity contribution in [1.82, 2.24) is 0 Å². The quantitative estimate of drug-likeness (QED) is 0.855. The highest BCUT2D eigenvalue weighted by Crippen LogP contribution is 2.15. The van der Waals surface area contributed by atoms with Crippen LogP contribution in [-0.4, -0.2) is 19.6 Å². The minimum Gasteiger partial charge on any atom is -0.497 e. The molecule has 0 aliphatic rings. The maximum Gasteiger partial charge on any atom is 0.243 e. The molecule has 0 unspecified atom stereocenters. The summed E-state index contributed by atoms with van der Waals surface area (Å²) in [7, 11) is 1.61. The van der Waals surface area contributed by atoms with E-state index in [0.29, 0.717) is 0 Å². The van der Waals surface area contributed by atoms with Crippen LogP contribution in [0.3, 0.4) is 0 Å². The molecule has 4 nitrogen and oxygen atoms in total. The summed E-state index contributed by atoms with van der Waals surface area (Å²) in [5.41, 5.74) is 2.98. The zero-order valence-corrected chi connectivity index (χ0v) is 12.3. The normalized spacial score (nSPS) is 10.0. The number of nitrogens with one attached hydrogen (secondary N) is 2. The number of carbonyl (C=O) groups is 1. The molecule has 0 saturated carbocycles. The maximum atomic E-state index is 11.9. The number of rotatable bonds is 6. The molecule has 0 spiro atoms. The minimum absolute atomic E-state index is 0.0836. The standard InChI is InChI=1S/C17H20N2O2/c1-3-13-4-6-14(7-5-13)18-12-17(20)19-15-8-10-16(21-2)11-9-15/h4-11,18H,3,12H2,1-2H3,(H,19,20). The smallest absolute Gasteiger partial charge is 0.243 e. The van der Waals surface area contributed by atoms with Crippen LogP contribution in [0.4, 0.5) is 11.4 Å². The molecule has 0 atom stereocenters. The summed E-state index contributed by atoms with van der Waals surface area (Å²) in [5.74, 6) is 0.682. The van der Waals surface area contributed by atoms with E-state index >= 15 is 0 Å². The van der Waals surface area contributed by atoms with Gasteiger partial charge in [-0.2, -0.15) is 0 Å². The number of aryl methyl sites for hydroxylation is 1. The fourth-order valence-electron chi connectivity index (χ4n) is 1.92. The molecular formula is C17H20N2O2. The topological polar surface area (TPSA) is 50.4 Å². The summed E-state index contributed by atoms with van der Waals surface area (Å²) in [6.07, 6.45) is 1.01. The summed E-state index contributed by atoms with van der Waals surface area (Å²) in [5, 5.41) is 5.93. The van der Waals surface area contributed by atoms with Gasteiger partial charge in [0, 0.05) is 11.4 Å². The van der Waals surface area contributed by atoms with Crippen molar-refractivity contribution in [1.29, 1.82) is 0 Å². The molecule has 2 aromatic carbocycles. The lowest BCUT2D eigenvalue weighted by Gasteiger charge is -2.09. The van der Waals surface area contributed by atoms with Gasteiger partial charge in [0.15, 0.2) is 0 Å². The van der Waals surface area contributed by atoms with Gasteiger partial charge < -0.3 is 15.4 Å². The van der Waals surface area contributed by atoms with Gasteiger partial charge >= 0.3 is 0 Å². The highest BCUT2D eigenvalue weighted by molar-refractivity contribution is 5.93. The molecule has 2 N–H and O–H groups in total. The van der Waals surface area contributed by atoms with Crippen LogP contribution in [0.25, 0.3) is 0 Å². The third-order valence-corrected chi connectivity index (χ3v) is 3.19. The van der Waals surface area contributed by atoms with Crippen LogP contribution in [0.5, 0.6) is 5.75 Å². The molecule has 0 aliphatic heterocycles. The molecule has 0 bridgehead atoms. The van der Waals surface area contributed by atoms with Crippen LogP contribution in [0.1, 0.15) is 12.5 Å². The summed E-state index contributed by atoms with van der Waals surface area (Å²) in [4.78, 5) is 11.9. The van der Waals surface area contributed by atoms with Gasteiger partial charge in [-0.05, 0) is 48.4 Å². The number of ether oxygens (including phenoxy) is 1. The Morgan fingerprint density at radius 2 is 1.62 bits per heavy atom. The van der Waals surface area contributed by atoms with Crippen LogP contribution >= 0.6 is 0 Å². The molecule has 0 heterocycles. The van der Waals surface area contributed by atoms with Crippen molar-refractivity contribution in [2.24, 2.45) is 0 Å². The van der Waals surface area contributed by atoms with E-state index < -0.39 is 0 Å². The number of hydrogen-bond donors (Lipinski definition) is 2. The van der Waals surface area contributed by atoms with Crippen LogP contribution in [0.2, 0.25) is 0 Å². The Labute approximate surface area is 125 Å². The highest BCUT2D eigenvalue weighted by Gasteiger charge is 2.02. The SMILES string of the molecule is CCc1ccc(NCC(=O)Nc2ccc(OC)cc2)cc1. The van der Waals surface area contributed by atoms with Crippen molar-refractivity contribution in [3.63, 3.8) is 0 Å². The van der Waals surface area contributed by atoms with Gasteiger partial charge in [0.1, 0.15) is 5.75 Å². The Balaban J connectivity index is 1.83. The first-order valence-electron chi connectivity index (χ1n) is 6.98. The maximum absolute atomic E-state index is 11.9. The van der Waals surface area contributed by atoms with Crippen molar-refractivity contribution in [2.45, 2.75) is 13.3 Å². The van der Waals surface area contributed by atoms with E-state index in [4.69, 9.17) is 4.74 Å². The van der Waals surface area contributed by atoms with Crippen molar-refractivity contribution >= 4 is 17.3 Å². The molecule has 2 aromatic rings. The molecule has 1 amide bonds. The average Bonchev–Trinajstić information content (AvgIpc) is 2.54. The summed E-state index contributed by atoms with van der Waals surface area (Å²) in [6.45, 7) is 2.35. The van der Waals surface area contributed by atoms with Gasteiger partial charge in [0.25, 0.3) is 0 Å². The predicted octanol–water partition coefficient (Wildman–Crippen LogP) is 3.31. The molecular weight excluding hydrogens is 264 g/mol. The molecule has 2 rings (SSSR count). The molecule has 0 fully saturated rings. The van der Waals surface area contributed by atoms with Crippen molar-refractivity contribution in [3.8, 4) is 5.75 Å². The van der Waals surface area contributed by atoms with Gasteiger partial charge in [-0.25, -0.2) is 0 Å². The predicted molar refractivity (Wildman–Crippen MR) is 85.9 cm³/mol. The van der Waals surface area contributed by atoms with Crippen LogP contribution in [0.15, 0.2) is 48.5 Å². The number of amides is 1. The lowest BCUT2D eigenvalue weighted by atomic mass is 10.1. The lowest BCUT2D eigenvalue weighted by Crippen LogP contribution is -2.21. The summed E-state index contributed by atoms with van der Waals surface area (Å²) >= 11 is 0. The Hall–Kier alpha value is -2.49. The highest BCUT2D eigenvalue weighted by atomic mass is 16.5. The molecule has 21 heavy (non-hydrogen) atoms. The van der Waals surface area contributed by atoms with E-state index in [1.54, 1.807) is 7.11 Å². The monoisotopic (exact) mass is 284 g/mol. The van der Waals surface area contributed by atoms with E-state index in [1.165, 1.54) is 5.56 Å². The zero-order chi connectivity index (χ0) is 15.1. The van der Waals surface area contributed by atoms with Crippen LogP contribution in [-0.2, 0) is 11.2 Å². The first-order valence-corrected chi connectivity index (χ1v) is 6.98. The first-order chi connectivity index (χ1) is 10.2.